The zero-order chi connectivity index (χ0) is 12.3. The van der Waals surface area contributed by atoms with Crippen molar-refractivity contribution in [3.05, 3.63) is 30.6 Å². The Hall–Kier alpha value is -1.68. The molecule has 4 nitrogen and oxygen atoms in total. The van der Waals surface area contributed by atoms with E-state index < -0.39 is 0 Å². The minimum Gasteiger partial charge on any atom is -0.394 e. The molecule has 0 aliphatic rings. The normalized spacial score (nSPS) is 12.9. The third kappa shape index (κ3) is 2.53. The molecule has 0 fully saturated rings. The number of anilines is 1. The minimum atomic E-state index is 0.00769. The Morgan fingerprint density at radius 1 is 1.24 bits per heavy atom. The number of aromatic nitrogens is 2. The lowest BCUT2D eigenvalue weighted by molar-refractivity contribution is 0.249. The molecule has 90 valence electrons. The molecule has 4 heteroatoms. The van der Waals surface area contributed by atoms with Gasteiger partial charge in [-0.3, -0.25) is 0 Å². The van der Waals surface area contributed by atoms with E-state index in [4.69, 9.17) is 0 Å². The Balaban J connectivity index is 2.35. The highest BCUT2D eigenvalue weighted by molar-refractivity contribution is 5.88. The third-order valence-electron chi connectivity index (χ3n) is 2.87. The zero-order valence-electron chi connectivity index (χ0n) is 10.1. The van der Waals surface area contributed by atoms with Gasteiger partial charge in [0, 0.05) is 5.39 Å². The summed E-state index contributed by atoms with van der Waals surface area (Å²) in [6.45, 7) is 4.23. The topological polar surface area (TPSA) is 58.0 Å². The molecule has 0 amide bonds. The summed E-state index contributed by atoms with van der Waals surface area (Å²) in [5.41, 5.74) is 0.908. The van der Waals surface area contributed by atoms with E-state index >= 15 is 0 Å². The lowest BCUT2D eigenvalue weighted by atomic mass is 10.1. The van der Waals surface area contributed by atoms with Crippen molar-refractivity contribution in [2.75, 3.05) is 11.9 Å². The van der Waals surface area contributed by atoms with Gasteiger partial charge in [-0.15, -0.1) is 0 Å². The van der Waals surface area contributed by atoms with Crippen molar-refractivity contribution < 1.29 is 5.11 Å². The molecule has 0 aliphatic heterocycles. The summed E-state index contributed by atoms with van der Waals surface area (Å²) in [4.78, 5) is 8.45. The Morgan fingerprint density at radius 3 is 2.71 bits per heavy atom. The van der Waals surface area contributed by atoms with Crippen LogP contribution in [0.15, 0.2) is 30.6 Å². The number of aliphatic hydroxyl groups is 1. The first-order valence-corrected chi connectivity index (χ1v) is 5.79. The Labute approximate surface area is 101 Å². The quantitative estimate of drug-likeness (QED) is 0.845. The number of para-hydroxylation sites is 1. The number of fused-ring (bicyclic) bond motifs is 1. The van der Waals surface area contributed by atoms with E-state index in [9.17, 15) is 5.11 Å². The average molecular weight is 231 g/mol. The van der Waals surface area contributed by atoms with Crippen LogP contribution in [-0.4, -0.2) is 27.7 Å². The first kappa shape index (κ1) is 11.8. The summed E-state index contributed by atoms with van der Waals surface area (Å²) >= 11 is 0. The van der Waals surface area contributed by atoms with Gasteiger partial charge in [-0.1, -0.05) is 26.0 Å². The maximum Gasteiger partial charge on any atom is 0.137 e. The number of benzene rings is 1. The molecule has 1 unspecified atom stereocenters. The van der Waals surface area contributed by atoms with Gasteiger partial charge in [0.25, 0.3) is 0 Å². The molecule has 0 saturated heterocycles. The van der Waals surface area contributed by atoms with Crippen molar-refractivity contribution in [2.45, 2.75) is 19.9 Å². The molecular formula is C13H17N3O. The minimum absolute atomic E-state index is 0.00769. The van der Waals surface area contributed by atoms with Gasteiger partial charge in [0.05, 0.1) is 18.2 Å². The van der Waals surface area contributed by atoms with Gasteiger partial charge in [-0.25, -0.2) is 9.97 Å². The maximum absolute atomic E-state index is 9.32. The first-order valence-electron chi connectivity index (χ1n) is 5.79. The highest BCUT2D eigenvalue weighted by Crippen LogP contribution is 2.20. The predicted molar refractivity (Wildman–Crippen MR) is 68.9 cm³/mol. The number of nitrogens with zero attached hydrogens (tertiary/aromatic N) is 2. The maximum atomic E-state index is 9.32. The number of hydrogen-bond acceptors (Lipinski definition) is 4. The third-order valence-corrected chi connectivity index (χ3v) is 2.87. The summed E-state index contributed by atoms with van der Waals surface area (Å²) in [7, 11) is 0. The summed E-state index contributed by atoms with van der Waals surface area (Å²) in [5, 5.41) is 13.6. The molecule has 0 bridgehead atoms. The highest BCUT2D eigenvalue weighted by Gasteiger charge is 2.13. The van der Waals surface area contributed by atoms with E-state index in [1.54, 1.807) is 6.33 Å². The molecule has 2 rings (SSSR count). The molecule has 0 spiro atoms. The molecule has 0 saturated carbocycles. The Bertz CT molecular complexity index is 493. The number of nitrogens with one attached hydrogen (secondary N) is 1. The van der Waals surface area contributed by atoms with Crippen molar-refractivity contribution >= 4 is 16.7 Å². The van der Waals surface area contributed by atoms with Crippen LogP contribution in [0.5, 0.6) is 0 Å². The van der Waals surface area contributed by atoms with Crippen LogP contribution in [0.1, 0.15) is 13.8 Å². The van der Waals surface area contributed by atoms with Crippen LogP contribution < -0.4 is 5.32 Å². The van der Waals surface area contributed by atoms with Crippen LogP contribution >= 0.6 is 0 Å². The standard InChI is InChI=1S/C13H17N3O/c1-9(2)12(7-17)16-13-10-5-3-4-6-11(10)14-8-15-13/h3-6,8-9,12,17H,7H2,1-2H3,(H,14,15,16). The second-order valence-corrected chi connectivity index (χ2v) is 4.42. The molecular weight excluding hydrogens is 214 g/mol. The number of hydrogen-bond donors (Lipinski definition) is 2. The van der Waals surface area contributed by atoms with Crippen LogP contribution in [0.2, 0.25) is 0 Å². The fourth-order valence-corrected chi connectivity index (χ4v) is 1.72. The van der Waals surface area contributed by atoms with Crippen LogP contribution in [0, 0.1) is 5.92 Å². The zero-order valence-corrected chi connectivity index (χ0v) is 10.1. The van der Waals surface area contributed by atoms with Crippen LogP contribution in [0.25, 0.3) is 10.9 Å². The lowest BCUT2D eigenvalue weighted by Gasteiger charge is -2.21. The molecule has 0 radical (unpaired) electrons. The number of rotatable bonds is 4. The monoisotopic (exact) mass is 231 g/mol. The Kier molecular flexibility index (Phi) is 3.54. The molecule has 1 atom stereocenters. The smallest absolute Gasteiger partial charge is 0.137 e. The van der Waals surface area contributed by atoms with Crippen molar-refractivity contribution in [3.8, 4) is 0 Å². The molecule has 17 heavy (non-hydrogen) atoms. The summed E-state index contributed by atoms with van der Waals surface area (Å²) < 4.78 is 0. The van der Waals surface area contributed by atoms with E-state index in [2.05, 4.69) is 29.1 Å². The van der Waals surface area contributed by atoms with Gasteiger partial charge in [0.15, 0.2) is 0 Å². The van der Waals surface area contributed by atoms with E-state index in [1.165, 1.54) is 0 Å². The second kappa shape index (κ2) is 5.10. The first-order chi connectivity index (χ1) is 8.22. The highest BCUT2D eigenvalue weighted by atomic mass is 16.3. The lowest BCUT2D eigenvalue weighted by Crippen LogP contribution is -2.29. The van der Waals surface area contributed by atoms with Gasteiger partial charge >= 0.3 is 0 Å². The number of aliphatic hydroxyl groups excluding tert-OH is 1. The molecule has 1 aromatic heterocycles. The largest absolute Gasteiger partial charge is 0.394 e. The molecule has 1 heterocycles. The molecule has 2 N–H and O–H groups in total. The molecule has 1 aromatic carbocycles. The van der Waals surface area contributed by atoms with E-state index in [1.807, 2.05) is 24.3 Å². The molecule has 0 aliphatic carbocycles. The fraction of sp³-hybridized carbons (Fsp3) is 0.385. The summed E-state index contributed by atoms with van der Waals surface area (Å²) in [5.74, 6) is 1.12. The van der Waals surface area contributed by atoms with Crippen LogP contribution in [0.4, 0.5) is 5.82 Å². The second-order valence-electron chi connectivity index (χ2n) is 4.42. The van der Waals surface area contributed by atoms with Crippen molar-refractivity contribution in [1.82, 2.24) is 9.97 Å². The van der Waals surface area contributed by atoms with Crippen molar-refractivity contribution in [2.24, 2.45) is 5.92 Å². The Morgan fingerprint density at radius 2 is 2.00 bits per heavy atom. The van der Waals surface area contributed by atoms with Crippen molar-refractivity contribution in [1.29, 1.82) is 0 Å². The van der Waals surface area contributed by atoms with E-state index in [-0.39, 0.29) is 12.6 Å². The summed E-state index contributed by atoms with van der Waals surface area (Å²) in [6, 6.07) is 7.84. The predicted octanol–water partition coefficient (Wildman–Crippen LogP) is 2.06. The van der Waals surface area contributed by atoms with Gasteiger partial charge in [-0.2, -0.15) is 0 Å². The van der Waals surface area contributed by atoms with Gasteiger partial charge in [0.1, 0.15) is 12.1 Å². The average Bonchev–Trinajstić information content (AvgIpc) is 2.35. The summed E-state index contributed by atoms with van der Waals surface area (Å²) in [6.07, 6.45) is 1.54. The van der Waals surface area contributed by atoms with Crippen LogP contribution in [0.3, 0.4) is 0 Å². The van der Waals surface area contributed by atoms with Gasteiger partial charge < -0.3 is 10.4 Å². The van der Waals surface area contributed by atoms with Gasteiger partial charge in [0.2, 0.25) is 0 Å². The van der Waals surface area contributed by atoms with Gasteiger partial charge in [-0.05, 0) is 18.1 Å². The van der Waals surface area contributed by atoms with Crippen LogP contribution in [-0.2, 0) is 0 Å². The fourth-order valence-electron chi connectivity index (χ4n) is 1.72. The van der Waals surface area contributed by atoms with Crippen molar-refractivity contribution in [3.63, 3.8) is 0 Å². The molecule has 2 aromatic rings. The van der Waals surface area contributed by atoms with E-state index in [0.717, 1.165) is 16.7 Å². The van der Waals surface area contributed by atoms with E-state index in [0.29, 0.717) is 5.92 Å². The SMILES string of the molecule is CC(C)C(CO)Nc1ncnc2ccccc12.